The largest absolute Gasteiger partial charge is 0.489 e. The van der Waals surface area contributed by atoms with E-state index in [2.05, 4.69) is 10.3 Å². The summed E-state index contributed by atoms with van der Waals surface area (Å²) >= 11 is 0. The summed E-state index contributed by atoms with van der Waals surface area (Å²) in [6, 6.07) is 19.5. The van der Waals surface area contributed by atoms with Gasteiger partial charge < -0.3 is 4.74 Å². The molecule has 1 heterocycles. The zero-order chi connectivity index (χ0) is 17.5. The van der Waals surface area contributed by atoms with Crippen LogP contribution in [0.1, 0.15) is 11.1 Å². The first-order valence-corrected chi connectivity index (χ1v) is 7.55. The molecule has 3 aromatic rings. The Kier molecular flexibility index (Phi) is 4.98. The third-order valence-corrected chi connectivity index (χ3v) is 3.54. The van der Waals surface area contributed by atoms with Crippen molar-refractivity contribution >= 4 is 11.4 Å². The standard InChI is InChI=1S/C19H14N4O2/c20-13-16-2-1-3-18(12-16)23(22-24)17-4-6-19(7-5-17)25-14-15-8-10-21-11-9-15/h1-12H,14H2. The molecule has 3 rings (SSSR count). The van der Waals surface area contributed by atoms with E-state index in [1.165, 1.54) is 5.01 Å². The van der Waals surface area contributed by atoms with Gasteiger partial charge >= 0.3 is 0 Å². The van der Waals surface area contributed by atoms with Gasteiger partial charge in [0.2, 0.25) is 0 Å². The molecule has 0 spiro atoms. The molecule has 0 N–H and O–H groups in total. The average Bonchev–Trinajstić information content (AvgIpc) is 2.69. The Morgan fingerprint density at radius 1 is 1.04 bits per heavy atom. The van der Waals surface area contributed by atoms with Crippen molar-refractivity contribution in [1.82, 2.24) is 4.98 Å². The topological polar surface area (TPSA) is 78.6 Å². The van der Waals surface area contributed by atoms with E-state index < -0.39 is 0 Å². The Morgan fingerprint density at radius 3 is 2.48 bits per heavy atom. The first kappa shape index (κ1) is 16.1. The number of rotatable bonds is 6. The predicted molar refractivity (Wildman–Crippen MR) is 94.1 cm³/mol. The third kappa shape index (κ3) is 3.98. The maximum absolute atomic E-state index is 11.3. The van der Waals surface area contributed by atoms with Gasteiger partial charge in [-0.15, -0.1) is 4.91 Å². The highest BCUT2D eigenvalue weighted by molar-refractivity contribution is 5.64. The van der Waals surface area contributed by atoms with Crippen LogP contribution in [0.25, 0.3) is 0 Å². The average molecular weight is 330 g/mol. The van der Waals surface area contributed by atoms with Crippen LogP contribution in [0, 0.1) is 16.2 Å². The van der Waals surface area contributed by atoms with Gasteiger partial charge in [0.25, 0.3) is 0 Å². The van der Waals surface area contributed by atoms with Gasteiger partial charge in [0, 0.05) is 12.4 Å². The summed E-state index contributed by atoms with van der Waals surface area (Å²) in [4.78, 5) is 15.2. The molecular formula is C19H14N4O2. The Morgan fingerprint density at radius 2 is 1.80 bits per heavy atom. The molecule has 0 unspecified atom stereocenters. The fourth-order valence-electron chi connectivity index (χ4n) is 2.28. The number of nitrogens with zero attached hydrogens (tertiary/aromatic N) is 4. The molecule has 0 fully saturated rings. The molecule has 0 saturated heterocycles. The van der Waals surface area contributed by atoms with E-state index >= 15 is 0 Å². The van der Waals surface area contributed by atoms with E-state index in [1.54, 1.807) is 60.9 Å². The Hall–Kier alpha value is -3.72. The van der Waals surface area contributed by atoms with Gasteiger partial charge in [0.05, 0.1) is 28.3 Å². The molecule has 0 saturated carbocycles. The van der Waals surface area contributed by atoms with E-state index in [0.29, 0.717) is 29.3 Å². The lowest BCUT2D eigenvalue weighted by atomic mass is 10.2. The van der Waals surface area contributed by atoms with Crippen molar-refractivity contribution in [2.75, 3.05) is 5.01 Å². The monoisotopic (exact) mass is 330 g/mol. The number of pyridine rings is 1. The van der Waals surface area contributed by atoms with E-state index in [-0.39, 0.29) is 0 Å². The Labute approximate surface area is 144 Å². The first-order valence-electron chi connectivity index (χ1n) is 7.55. The van der Waals surface area contributed by atoms with E-state index in [9.17, 15) is 4.91 Å². The minimum atomic E-state index is 0.432. The highest BCUT2D eigenvalue weighted by Crippen LogP contribution is 2.28. The number of aromatic nitrogens is 1. The summed E-state index contributed by atoms with van der Waals surface area (Å²) < 4.78 is 5.70. The number of benzene rings is 2. The lowest BCUT2D eigenvalue weighted by molar-refractivity contribution is 0.306. The number of hydrogen-bond donors (Lipinski definition) is 0. The van der Waals surface area contributed by atoms with Gasteiger partial charge in [0.15, 0.2) is 0 Å². The van der Waals surface area contributed by atoms with Crippen molar-refractivity contribution in [3.8, 4) is 11.8 Å². The maximum atomic E-state index is 11.3. The molecule has 122 valence electrons. The van der Waals surface area contributed by atoms with Crippen LogP contribution in [-0.2, 0) is 6.61 Å². The highest BCUT2D eigenvalue weighted by Gasteiger charge is 2.10. The molecule has 0 aliphatic carbocycles. The predicted octanol–water partition coefficient (Wildman–Crippen LogP) is 4.35. The van der Waals surface area contributed by atoms with E-state index in [1.807, 2.05) is 18.2 Å². The minimum Gasteiger partial charge on any atom is -0.489 e. The normalized spacial score (nSPS) is 9.88. The van der Waals surface area contributed by atoms with Crippen molar-refractivity contribution in [2.45, 2.75) is 6.61 Å². The molecule has 2 aromatic carbocycles. The lowest BCUT2D eigenvalue weighted by Crippen LogP contribution is -2.07. The number of nitriles is 1. The summed E-state index contributed by atoms with van der Waals surface area (Å²) in [7, 11) is 0. The van der Waals surface area contributed by atoms with Gasteiger partial charge in [-0.2, -0.15) is 10.3 Å². The summed E-state index contributed by atoms with van der Waals surface area (Å²) in [6.07, 6.45) is 3.43. The summed E-state index contributed by atoms with van der Waals surface area (Å²) in [5, 5.41) is 13.3. The molecule has 0 radical (unpaired) electrons. The van der Waals surface area contributed by atoms with Crippen LogP contribution in [0.2, 0.25) is 0 Å². The van der Waals surface area contributed by atoms with E-state index in [0.717, 1.165) is 5.56 Å². The van der Waals surface area contributed by atoms with Gasteiger partial charge in [-0.3, -0.25) is 4.98 Å². The quantitative estimate of drug-likeness (QED) is 0.496. The maximum Gasteiger partial charge on any atom is 0.119 e. The number of ether oxygens (including phenoxy) is 1. The second-order valence-electron chi connectivity index (χ2n) is 5.19. The first-order chi connectivity index (χ1) is 12.3. The second kappa shape index (κ2) is 7.70. The molecule has 6 nitrogen and oxygen atoms in total. The molecule has 0 aliphatic heterocycles. The number of hydrogen-bond acceptors (Lipinski definition) is 5. The number of nitroso groups, excluding NO2 is 1. The second-order valence-corrected chi connectivity index (χ2v) is 5.19. The molecular weight excluding hydrogens is 316 g/mol. The van der Waals surface area contributed by atoms with Crippen molar-refractivity contribution in [2.24, 2.45) is 5.29 Å². The third-order valence-electron chi connectivity index (χ3n) is 3.54. The van der Waals surface area contributed by atoms with Crippen LogP contribution < -0.4 is 9.75 Å². The van der Waals surface area contributed by atoms with Gasteiger partial charge in [-0.05, 0) is 60.2 Å². The highest BCUT2D eigenvalue weighted by atomic mass is 16.5. The molecule has 0 bridgehead atoms. The van der Waals surface area contributed by atoms with Gasteiger partial charge in [-0.25, -0.2) is 0 Å². The van der Waals surface area contributed by atoms with E-state index in [4.69, 9.17) is 10.00 Å². The zero-order valence-electron chi connectivity index (χ0n) is 13.2. The van der Waals surface area contributed by atoms with Gasteiger partial charge in [0.1, 0.15) is 12.4 Å². The fraction of sp³-hybridized carbons (Fsp3) is 0.0526. The van der Waals surface area contributed by atoms with Crippen LogP contribution >= 0.6 is 0 Å². The summed E-state index contributed by atoms with van der Waals surface area (Å²) in [5.74, 6) is 0.678. The van der Waals surface area contributed by atoms with Crippen LogP contribution in [0.15, 0.2) is 78.3 Å². The molecule has 0 amide bonds. The molecule has 1 aromatic heterocycles. The fourth-order valence-corrected chi connectivity index (χ4v) is 2.28. The van der Waals surface area contributed by atoms with Crippen molar-refractivity contribution in [3.05, 3.63) is 89.1 Å². The summed E-state index contributed by atoms with van der Waals surface area (Å²) in [5.41, 5.74) is 2.59. The molecule has 25 heavy (non-hydrogen) atoms. The summed E-state index contributed by atoms with van der Waals surface area (Å²) in [6.45, 7) is 0.432. The SMILES string of the molecule is N#Cc1cccc(N(N=O)c2ccc(OCc3ccncc3)cc2)c1. The Balaban J connectivity index is 1.74. The zero-order valence-corrected chi connectivity index (χ0v) is 13.2. The Bertz CT molecular complexity index is 889. The van der Waals surface area contributed by atoms with Crippen LogP contribution in [0.4, 0.5) is 11.4 Å². The van der Waals surface area contributed by atoms with Crippen molar-refractivity contribution in [3.63, 3.8) is 0 Å². The van der Waals surface area contributed by atoms with Crippen molar-refractivity contribution < 1.29 is 4.74 Å². The van der Waals surface area contributed by atoms with Crippen LogP contribution in [0.3, 0.4) is 0 Å². The molecule has 6 heteroatoms. The molecule has 0 aliphatic rings. The number of anilines is 2. The smallest absolute Gasteiger partial charge is 0.119 e. The van der Waals surface area contributed by atoms with Crippen molar-refractivity contribution in [1.29, 1.82) is 5.26 Å². The molecule has 0 atom stereocenters. The minimum absolute atomic E-state index is 0.432. The van der Waals surface area contributed by atoms with Crippen LogP contribution in [0.5, 0.6) is 5.75 Å². The van der Waals surface area contributed by atoms with Gasteiger partial charge in [-0.1, -0.05) is 6.07 Å². The lowest BCUT2D eigenvalue weighted by Gasteiger charge is -2.16. The van der Waals surface area contributed by atoms with Crippen LogP contribution in [-0.4, -0.2) is 4.98 Å².